The molecule has 4 nitrogen and oxygen atoms in total. The second kappa shape index (κ2) is 5.48. The minimum absolute atomic E-state index is 0.0350. The van der Waals surface area contributed by atoms with Gasteiger partial charge in [-0.3, -0.25) is 4.57 Å². The van der Waals surface area contributed by atoms with Crippen LogP contribution in [0, 0.1) is 6.92 Å². The zero-order chi connectivity index (χ0) is 12.2. The van der Waals surface area contributed by atoms with Crippen molar-refractivity contribution >= 4 is 12.9 Å². The Morgan fingerprint density at radius 3 is 2.56 bits per heavy atom. The van der Waals surface area contributed by atoms with E-state index in [2.05, 4.69) is 6.92 Å². The minimum atomic E-state index is -4.15. The smallest absolute Gasteiger partial charge is 0.356 e. The molecule has 0 fully saturated rings. The van der Waals surface area contributed by atoms with Crippen LogP contribution in [0.15, 0.2) is 18.2 Å². The summed E-state index contributed by atoms with van der Waals surface area (Å²) in [6.45, 7) is 4.49. The molecule has 0 spiro atoms. The zero-order valence-electron chi connectivity index (χ0n) is 9.51. The molecular formula is C11H17O4P. The normalized spacial score (nSPS) is 11.5. The van der Waals surface area contributed by atoms with E-state index in [1.54, 1.807) is 13.0 Å². The Labute approximate surface area is 95.4 Å². The molecule has 0 aliphatic rings. The van der Waals surface area contributed by atoms with Crippen LogP contribution < -0.4 is 10.0 Å². The van der Waals surface area contributed by atoms with Crippen LogP contribution in [0.5, 0.6) is 5.75 Å². The molecule has 0 aromatic heterocycles. The maximum atomic E-state index is 11.0. The molecule has 0 saturated heterocycles. The maximum absolute atomic E-state index is 11.0. The van der Waals surface area contributed by atoms with Gasteiger partial charge >= 0.3 is 7.60 Å². The predicted octanol–water partition coefficient (Wildman–Crippen LogP) is 1.98. The molecule has 2 N–H and O–H groups in total. The Balaban J connectivity index is 2.80. The summed E-state index contributed by atoms with van der Waals surface area (Å²) in [6.07, 6.45) is 2.03. The fraction of sp³-hybridized carbons (Fsp3) is 0.455. The van der Waals surface area contributed by atoms with Crippen LogP contribution in [0.2, 0.25) is 0 Å². The number of hydrogen-bond acceptors (Lipinski definition) is 2. The van der Waals surface area contributed by atoms with Crippen molar-refractivity contribution in [2.24, 2.45) is 0 Å². The molecule has 0 bridgehead atoms. The average molecular weight is 244 g/mol. The van der Waals surface area contributed by atoms with Gasteiger partial charge in [0.2, 0.25) is 0 Å². The summed E-state index contributed by atoms with van der Waals surface area (Å²) in [5.74, 6) is 0.686. The molecule has 0 unspecified atom stereocenters. The van der Waals surface area contributed by atoms with Crippen LogP contribution in [-0.4, -0.2) is 16.4 Å². The summed E-state index contributed by atoms with van der Waals surface area (Å²) < 4.78 is 16.5. The first kappa shape index (κ1) is 13.2. The van der Waals surface area contributed by atoms with Gasteiger partial charge in [-0.25, -0.2) is 0 Å². The number of benzene rings is 1. The fourth-order valence-electron chi connectivity index (χ4n) is 1.30. The summed E-state index contributed by atoms with van der Waals surface area (Å²) >= 11 is 0. The van der Waals surface area contributed by atoms with Crippen LogP contribution in [0.4, 0.5) is 0 Å². The molecule has 1 rings (SSSR count). The van der Waals surface area contributed by atoms with E-state index in [1.165, 1.54) is 12.1 Å². The van der Waals surface area contributed by atoms with Gasteiger partial charge in [0, 0.05) is 0 Å². The summed E-state index contributed by atoms with van der Waals surface area (Å²) in [4.78, 5) is 18.0. The lowest BCUT2D eigenvalue weighted by Gasteiger charge is -2.10. The fourth-order valence-corrected chi connectivity index (χ4v) is 1.93. The van der Waals surface area contributed by atoms with Gasteiger partial charge in [0.25, 0.3) is 0 Å². The monoisotopic (exact) mass is 244 g/mol. The molecule has 0 amide bonds. The van der Waals surface area contributed by atoms with Gasteiger partial charge in [-0.05, 0) is 37.1 Å². The van der Waals surface area contributed by atoms with Gasteiger partial charge in [0.15, 0.2) is 0 Å². The highest BCUT2D eigenvalue weighted by atomic mass is 31.2. The van der Waals surface area contributed by atoms with Crippen molar-refractivity contribution in [1.29, 1.82) is 0 Å². The second-order valence-corrected chi connectivity index (χ2v) is 5.30. The van der Waals surface area contributed by atoms with E-state index in [1.807, 2.05) is 0 Å². The van der Waals surface area contributed by atoms with Gasteiger partial charge in [0.1, 0.15) is 5.75 Å². The number of hydrogen-bond donors (Lipinski definition) is 2. The Bertz CT molecular complexity index is 397. The highest BCUT2D eigenvalue weighted by Gasteiger charge is 2.17. The topological polar surface area (TPSA) is 66.8 Å². The molecule has 5 heteroatoms. The lowest BCUT2D eigenvalue weighted by molar-refractivity contribution is 0.307. The van der Waals surface area contributed by atoms with E-state index in [0.717, 1.165) is 18.4 Å². The van der Waals surface area contributed by atoms with E-state index in [0.29, 0.717) is 12.4 Å². The zero-order valence-corrected chi connectivity index (χ0v) is 10.4. The quantitative estimate of drug-likeness (QED) is 0.614. The lowest BCUT2D eigenvalue weighted by Crippen LogP contribution is -2.06. The number of aryl methyl sites for hydroxylation is 1. The molecule has 0 atom stereocenters. The SMILES string of the molecule is CCCCOc1ccc(P(=O)(O)O)cc1C. The first-order chi connectivity index (χ1) is 7.45. The van der Waals surface area contributed by atoms with Gasteiger partial charge in [0.05, 0.1) is 11.9 Å². The Kier molecular flexibility index (Phi) is 4.54. The van der Waals surface area contributed by atoms with Crippen molar-refractivity contribution in [2.75, 3.05) is 6.61 Å². The molecule has 1 aromatic carbocycles. The summed E-state index contributed by atoms with van der Waals surface area (Å²) in [5, 5.41) is 0.0350. The van der Waals surface area contributed by atoms with Crippen LogP contribution >= 0.6 is 7.60 Å². The lowest BCUT2D eigenvalue weighted by atomic mass is 10.2. The number of rotatable bonds is 5. The molecule has 90 valence electrons. The van der Waals surface area contributed by atoms with E-state index < -0.39 is 7.60 Å². The molecule has 16 heavy (non-hydrogen) atoms. The van der Waals surface area contributed by atoms with Crippen molar-refractivity contribution in [3.8, 4) is 5.75 Å². The maximum Gasteiger partial charge on any atom is 0.356 e. The highest BCUT2D eigenvalue weighted by Crippen LogP contribution is 2.34. The summed E-state index contributed by atoms with van der Waals surface area (Å²) in [5.41, 5.74) is 0.747. The molecule has 0 saturated carbocycles. The van der Waals surface area contributed by atoms with Crippen molar-refractivity contribution < 1.29 is 19.1 Å². The van der Waals surface area contributed by atoms with Gasteiger partial charge in [-0.2, -0.15) is 0 Å². The van der Waals surface area contributed by atoms with Gasteiger partial charge in [-0.1, -0.05) is 13.3 Å². The van der Waals surface area contributed by atoms with Gasteiger partial charge < -0.3 is 14.5 Å². The van der Waals surface area contributed by atoms with Crippen molar-refractivity contribution in [1.82, 2.24) is 0 Å². The Hall–Kier alpha value is -0.830. The Morgan fingerprint density at radius 2 is 2.06 bits per heavy atom. The van der Waals surface area contributed by atoms with E-state index in [-0.39, 0.29) is 5.30 Å². The standard InChI is InChI=1S/C11H17O4P/c1-3-4-7-15-11-6-5-10(8-9(11)2)16(12,13)14/h5-6,8H,3-4,7H2,1-2H3,(H2,12,13,14). The van der Waals surface area contributed by atoms with Gasteiger partial charge in [-0.15, -0.1) is 0 Å². The van der Waals surface area contributed by atoms with Crippen LogP contribution in [0.1, 0.15) is 25.3 Å². The van der Waals surface area contributed by atoms with E-state index in [4.69, 9.17) is 14.5 Å². The van der Waals surface area contributed by atoms with Crippen LogP contribution in [0.3, 0.4) is 0 Å². The molecule has 1 aromatic rings. The minimum Gasteiger partial charge on any atom is -0.493 e. The van der Waals surface area contributed by atoms with Crippen LogP contribution in [-0.2, 0) is 4.57 Å². The second-order valence-electron chi connectivity index (χ2n) is 3.70. The third-order valence-electron chi connectivity index (χ3n) is 2.25. The summed E-state index contributed by atoms with van der Waals surface area (Å²) in [7, 11) is -4.15. The molecule has 0 radical (unpaired) electrons. The number of ether oxygens (including phenoxy) is 1. The summed E-state index contributed by atoms with van der Waals surface area (Å²) in [6, 6.07) is 4.50. The number of unbranched alkanes of at least 4 members (excludes halogenated alkanes) is 1. The van der Waals surface area contributed by atoms with Crippen molar-refractivity contribution in [3.63, 3.8) is 0 Å². The molecular weight excluding hydrogens is 227 g/mol. The third-order valence-corrected chi connectivity index (χ3v) is 3.20. The largest absolute Gasteiger partial charge is 0.493 e. The highest BCUT2D eigenvalue weighted by molar-refractivity contribution is 7.60. The first-order valence-corrected chi connectivity index (χ1v) is 6.86. The Morgan fingerprint density at radius 1 is 1.38 bits per heavy atom. The van der Waals surface area contributed by atoms with E-state index in [9.17, 15) is 4.57 Å². The van der Waals surface area contributed by atoms with Crippen LogP contribution in [0.25, 0.3) is 0 Å². The van der Waals surface area contributed by atoms with Crippen molar-refractivity contribution in [2.45, 2.75) is 26.7 Å². The molecule has 0 heterocycles. The average Bonchev–Trinajstić information content (AvgIpc) is 2.19. The predicted molar refractivity (Wildman–Crippen MR) is 63.3 cm³/mol. The third kappa shape index (κ3) is 3.63. The first-order valence-electron chi connectivity index (χ1n) is 5.24. The molecule has 0 aliphatic carbocycles. The van der Waals surface area contributed by atoms with E-state index >= 15 is 0 Å². The molecule has 0 aliphatic heterocycles. The van der Waals surface area contributed by atoms with Crippen molar-refractivity contribution in [3.05, 3.63) is 23.8 Å².